The number of rotatable bonds is 5. The first-order chi connectivity index (χ1) is 9.76. The molecule has 2 atom stereocenters. The summed E-state index contributed by atoms with van der Waals surface area (Å²) in [7, 11) is 0. The number of aromatic nitrogens is 1. The van der Waals surface area contributed by atoms with E-state index in [-0.39, 0.29) is 0 Å². The second kappa shape index (κ2) is 5.98. The van der Waals surface area contributed by atoms with E-state index in [1.54, 1.807) is 0 Å². The molecular formula is C17H24N2O. The molecular weight excluding hydrogens is 248 g/mol. The van der Waals surface area contributed by atoms with E-state index in [0.717, 1.165) is 19.6 Å². The number of ether oxygens (including phenoxy) is 1. The Morgan fingerprint density at radius 1 is 1.30 bits per heavy atom. The average molecular weight is 272 g/mol. The fourth-order valence-electron chi connectivity index (χ4n) is 3.03. The smallest absolute Gasteiger partial charge is 0.0758 e. The first kappa shape index (κ1) is 13.7. The normalized spacial score (nSPS) is 22.7. The number of nitrogens with zero attached hydrogens (tertiary/aromatic N) is 1. The molecule has 0 amide bonds. The van der Waals surface area contributed by atoms with E-state index in [1.807, 2.05) is 0 Å². The van der Waals surface area contributed by atoms with Crippen molar-refractivity contribution in [1.82, 2.24) is 9.88 Å². The quantitative estimate of drug-likeness (QED) is 0.903. The van der Waals surface area contributed by atoms with E-state index in [1.165, 1.54) is 29.3 Å². The SMILES string of the molecule is CCNCc1ccc2c(ccn2CC2CCC(C)O2)c1. The summed E-state index contributed by atoms with van der Waals surface area (Å²) in [5.41, 5.74) is 2.66. The predicted molar refractivity (Wildman–Crippen MR) is 82.9 cm³/mol. The van der Waals surface area contributed by atoms with Gasteiger partial charge in [0, 0.05) is 24.8 Å². The van der Waals surface area contributed by atoms with E-state index < -0.39 is 0 Å². The molecule has 1 aliphatic rings. The summed E-state index contributed by atoms with van der Waals surface area (Å²) in [5.74, 6) is 0. The molecule has 3 rings (SSSR count). The third kappa shape index (κ3) is 2.89. The number of hydrogen-bond acceptors (Lipinski definition) is 2. The highest BCUT2D eigenvalue weighted by atomic mass is 16.5. The fraction of sp³-hybridized carbons (Fsp3) is 0.529. The predicted octanol–water partition coefficient (Wildman–Crippen LogP) is 3.32. The lowest BCUT2D eigenvalue weighted by atomic mass is 10.1. The van der Waals surface area contributed by atoms with Gasteiger partial charge in [0.15, 0.2) is 0 Å². The van der Waals surface area contributed by atoms with Crippen molar-refractivity contribution in [1.29, 1.82) is 0 Å². The van der Waals surface area contributed by atoms with Crippen LogP contribution in [0.5, 0.6) is 0 Å². The van der Waals surface area contributed by atoms with Gasteiger partial charge in [0.25, 0.3) is 0 Å². The van der Waals surface area contributed by atoms with Crippen molar-refractivity contribution in [3.63, 3.8) is 0 Å². The molecule has 1 N–H and O–H groups in total. The Morgan fingerprint density at radius 3 is 2.95 bits per heavy atom. The zero-order valence-corrected chi connectivity index (χ0v) is 12.4. The Kier molecular flexibility index (Phi) is 4.08. The van der Waals surface area contributed by atoms with Crippen LogP contribution in [0.4, 0.5) is 0 Å². The highest BCUT2D eigenvalue weighted by molar-refractivity contribution is 5.80. The van der Waals surface area contributed by atoms with Crippen molar-refractivity contribution in [2.75, 3.05) is 6.54 Å². The van der Waals surface area contributed by atoms with Gasteiger partial charge in [-0.1, -0.05) is 13.0 Å². The molecule has 108 valence electrons. The lowest BCUT2D eigenvalue weighted by Crippen LogP contribution is -2.15. The molecule has 2 aromatic rings. The molecule has 0 aliphatic carbocycles. The second-order valence-electron chi connectivity index (χ2n) is 5.79. The van der Waals surface area contributed by atoms with E-state index in [9.17, 15) is 0 Å². The van der Waals surface area contributed by atoms with Crippen LogP contribution in [0, 0.1) is 0 Å². The van der Waals surface area contributed by atoms with E-state index >= 15 is 0 Å². The summed E-state index contributed by atoms with van der Waals surface area (Å²) in [6.45, 7) is 7.23. The monoisotopic (exact) mass is 272 g/mol. The molecule has 3 heteroatoms. The summed E-state index contributed by atoms with van der Waals surface area (Å²) in [6.07, 6.45) is 5.36. The molecule has 0 bridgehead atoms. The Bertz CT molecular complexity index is 575. The molecule has 1 aromatic heterocycles. The lowest BCUT2D eigenvalue weighted by molar-refractivity contribution is 0.0465. The zero-order valence-electron chi connectivity index (χ0n) is 12.4. The molecule has 0 saturated carbocycles. The number of fused-ring (bicyclic) bond motifs is 1. The van der Waals surface area contributed by atoms with Gasteiger partial charge in [-0.3, -0.25) is 0 Å². The maximum atomic E-state index is 5.93. The average Bonchev–Trinajstić information content (AvgIpc) is 3.04. The van der Waals surface area contributed by atoms with E-state index in [2.05, 4.69) is 54.2 Å². The van der Waals surface area contributed by atoms with Crippen LogP contribution in [0.3, 0.4) is 0 Å². The number of nitrogens with one attached hydrogen (secondary N) is 1. The molecule has 1 saturated heterocycles. The Hall–Kier alpha value is -1.32. The topological polar surface area (TPSA) is 26.2 Å². The first-order valence-electron chi connectivity index (χ1n) is 7.70. The van der Waals surface area contributed by atoms with Gasteiger partial charge in [0.1, 0.15) is 0 Å². The maximum absolute atomic E-state index is 5.93. The second-order valence-corrected chi connectivity index (χ2v) is 5.79. The van der Waals surface area contributed by atoms with Crippen LogP contribution >= 0.6 is 0 Å². The van der Waals surface area contributed by atoms with Crippen LogP contribution in [0.15, 0.2) is 30.5 Å². The first-order valence-corrected chi connectivity index (χ1v) is 7.70. The Balaban J connectivity index is 1.75. The van der Waals surface area contributed by atoms with Crippen LogP contribution in [-0.2, 0) is 17.8 Å². The van der Waals surface area contributed by atoms with Gasteiger partial charge in [-0.25, -0.2) is 0 Å². The van der Waals surface area contributed by atoms with Gasteiger partial charge >= 0.3 is 0 Å². The van der Waals surface area contributed by atoms with Gasteiger partial charge in [-0.15, -0.1) is 0 Å². The number of benzene rings is 1. The van der Waals surface area contributed by atoms with Gasteiger partial charge in [-0.05, 0) is 55.5 Å². The molecule has 20 heavy (non-hydrogen) atoms. The summed E-state index contributed by atoms with van der Waals surface area (Å²) >= 11 is 0. The minimum Gasteiger partial charge on any atom is -0.373 e. The van der Waals surface area contributed by atoms with Crippen molar-refractivity contribution in [2.45, 2.75) is 52.0 Å². The minimum absolute atomic E-state index is 0.377. The molecule has 1 fully saturated rings. The van der Waals surface area contributed by atoms with Gasteiger partial charge < -0.3 is 14.6 Å². The van der Waals surface area contributed by atoms with Crippen molar-refractivity contribution in [2.24, 2.45) is 0 Å². The van der Waals surface area contributed by atoms with Crippen molar-refractivity contribution < 1.29 is 4.74 Å². The van der Waals surface area contributed by atoms with Crippen LogP contribution < -0.4 is 5.32 Å². The Morgan fingerprint density at radius 2 is 2.20 bits per heavy atom. The van der Waals surface area contributed by atoms with Gasteiger partial charge in [0.2, 0.25) is 0 Å². The van der Waals surface area contributed by atoms with E-state index in [0.29, 0.717) is 12.2 Å². The summed E-state index contributed by atoms with van der Waals surface area (Å²) in [5, 5.41) is 4.70. The largest absolute Gasteiger partial charge is 0.373 e. The van der Waals surface area contributed by atoms with Crippen molar-refractivity contribution in [3.8, 4) is 0 Å². The molecule has 1 aromatic carbocycles. The van der Waals surface area contributed by atoms with Crippen LogP contribution in [0.2, 0.25) is 0 Å². The molecule has 1 aliphatic heterocycles. The summed E-state index contributed by atoms with van der Waals surface area (Å²) < 4.78 is 8.26. The van der Waals surface area contributed by atoms with Crippen molar-refractivity contribution in [3.05, 3.63) is 36.0 Å². The minimum atomic E-state index is 0.377. The summed E-state index contributed by atoms with van der Waals surface area (Å²) in [4.78, 5) is 0. The third-order valence-electron chi connectivity index (χ3n) is 4.13. The molecule has 3 nitrogen and oxygen atoms in total. The van der Waals surface area contributed by atoms with E-state index in [4.69, 9.17) is 4.74 Å². The molecule has 2 heterocycles. The third-order valence-corrected chi connectivity index (χ3v) is 4.13. The van der Waals surface area contributed by atoms with Crippen molar-refractivity contribution >= 4 is 10.9 Å². The molecule has 0 spiro atoms. The standard InChI is InChI=1S/C17H24N2O/c1-3-18-11-14-5-7-17-15(10-14)8-9-19(17)12-16-6-4-13(2)20-16/h5,7-10,13,16,18H,3-4,6,11-12H2,1-2H3. The lowest BCUT2D eigenvalue weighted by Gasteiger charge is -2.13. The van der Waals surface area contributed by atoms with Crippen LogP contribution in [-0.4, -0.2) is 23.3 Å². The molecule has 0 radical (unpaired) electrons. The Labute approximate surface area is 120 Å². The van der Waals surface area contributed by atoms with Crippen LogP contribution in [0.1, 0.15) is 32.3 Å². The van der Waals surface area contributed by atoms with Crippen LogP contribution in [0.25, 0.3) is 10.9 Å². The highest BCUT2D eigenvalue weighted by Crippen LogP contribution is 2.23. The zero-order chi connectivity index (χ0) is 13.9. The number of hydrogen-bond donors (Lipinski definition) is 1. The fourth-order valence-corrected chi connectivity index (χ4v) is 3.03. The highest BCUT2D eigenvalue weighted by Gasteiger charge is 2.22. The molecule has 2 unspecified atom stereocenters. The maximum Gasteiger partial charge on any atom is 0.0758 e. The van der Waals surface area contributed by atoms with Gasteiger partial charge in [0.05, 0.1) is 12.2 Å². The van der Waals surface area contributed by atoms with Gasteiger partial charge in [-0.2, -0.15) is 0 Å². The summed E-state index contributed by atoms with van der Waals surface area (Å²) in [6, 6.07) is 8.95.